The largest absolute Gasteiger partial charge is 0.393 e. The number of aliphatic hydroxyl groups excluding tert-OH is 2. The van der Waals surface area contributed by atoms with Gasteiger partial charge in [0.2, 0.25) is 11.8 Å². The van der Waals surface area contributed by atoms with E-state index in [-0.39, 0.29) is 25.0 Å². The van der Waals surface area contributed by atoms with Gasteiger partial charge in [0, 0.05) is 13.1 Å². The highest BCUT2D eigenvalue weighted by atomic mass is 16.5. The molecule has 2 saturated heterocycles. The van der Waals surface area contributed by atoms with Crippen LogP contribution >= 0.6 is 0 Å². The molecular formula is C32H58N2O6. The Morgan fingerprint density at radius 3 is 1.25 bits per heavy atom. The summed E-state index contributed by atoms with van der Waals surface area (Å²) in [6.07, 6.45) is 12.0. The van der Waals surface area contributed by atoms with E-state index in [1.54, 1.807) is 0 Å². The summed E-state index contributed by atoms with van der Waals surface area (Å²) in [5, 5.41) is 25.8. The molecule has 0 aromatic heterocycles. The van der Waals surface area contributed by atoms with Gasteiger partial charge in [-0.2, -0.15) is 0 Å². The molecule has 4 atom stereocenters. The van der Waals surface area contributed by atoms with E-state index in [2.05, 4.69) is 52.2 Å². The smallest absolute Gasteiger partial charge is 0.229 e. The average molecular weight is 567 g/mol. The SMILES string of the molecule is CCCNC(=O)[C@]12CCC[C@](CO)(C1)OC2(CC)CC.CCCNC(=O)[C@]12CCC[C@](CO)(C1)OC2(CC)CC. The van der Waals surface area contributed by atoms with Crippen LogP contribution in [0.5, 0.6) is 0 Å². The van der Waals surface area contributed by atoms with Crippen molar-refractivity contribution in [3.05, 3.63) is 0 Å². The number of hydrogen-bond acceptors (Lipinski definition) is 6. The molecule has 2 aliphatic heterocycles. The first kappa shape index (κ1) is 33.3. The van der Waals surface area contributed by atoms with Crippen LogP contribution in [0.1, 0.15) is 131 Å². The molecule has 0 unspecified atom stereocenters. The third kappa shape index (κ3) is 5.24. The average Bonchev–Trinajstić information content (AvgIpc) is 3.34. The third-order valence-corrected chi connectivity index (χ3v) is 11.1. The Morgan fingerprint density at radius 1 is 0.625 bits per heavy atom. The van der Waals surface area contributed by atoms with E-state index in [0.29, 0.717) is 12.8 Å². The molecule has 2 aliphatic carbocycles. The monoisotopic (exact) mass is 566 g/mol. The Morgan fingerprint density at radius 2 is 0.975 bits per heavy atom. The van der Waals surface area contributed by atoms with Crippen molar-refractivity contribution in [2.75, 3.05) is 26.3 Å². The van der Waals surface area contributed by atoms with Crippen molar-refractivity contribution in [2.45, 2.75) is 154 Å². The summed E-state index contributed by atoms with van der Waals surface area (Å²) in [6.45, 7) is 14.0. The molecule has 8 heteroatoms. The van der Waals surface area contributed by atoms with Gasteiger partial charge in [-0.3, -0.25) is 9.59 Å². The molecule has 0 radical (unpaired) electrons. The lowest BCUT2D eigenvalue weighted by molar-refractivity contribution is -0.156. The first-order valence-corrected chi connectivity index (χ1v) is 16.3. The number of fused-ring (bicyclic) bond motifs is 4. The van der Waals surface area contributed by atoms with E-state index >= 15 is 0 Å². The predicted octanol–water partition coefficient (Wildman–Crippen LogP) is 4.79. The Hall–Kier alpha value is -1.22. The molecule has 8 nitrogen and oxygen atoms in total. The molecule has 0 aromatic rings. The molecule has 4 rings (SSSR count). The molecule has 4 bridgehead atoms. The lowest BCUT2D eigenvalue weighted by Crippen LogP contribution is -2.54. The number of carbonyl (C=O) groups is 2. The van der Waals surface area contributed by atoms with Crippen LogP contribution in [0.3, 0.4) is 0 Å². The van der Waals surface area contributed by atoms with Crippen LogP contribution in [0.15, 0.2) is 0 Å². The second kappa shape index (κ2) is 13.0. The molecule has 4 aliphatic rings. The Bertz CT molecular complexity index is 803. The number of rotatable bonds is 12. The van der Waals surface area contributed by atoms with Crippen LogP contribution in [0, 0.1) is 10.8 Å². The van der Waals surface area contributed by atoms with Crippen molar-refractivity contribution < 1.29 is 29.3 Å². The van der Waals surface area contributed by atoms with Gasteiger partial charge in [0.1, 0.15) is 0 Å². The van der Waals surface area contributed by atoms with Crippen LogP contribution < -0.4 is 10.6 Å². The zero-order valence-corrected chi connectivity index (χ0v) is 26.3. The van der Waals surface area contributed by atoms with E-state index in [4.69, 9.17) is 9.47 Å². The van der Waals surface area contributed by atoms with Crippen molar-refractivity contribution in [1.29, 1.82) is 0 Å². The summed E-state index contributed by atoms with van der Waals surface area (Å²) >= 11 is 0. The molecule has 2 saturated carbocycles. The summed E-state index contributed by atoms with van der Waals surface area (Å²) < 4.78 is 12.8. The molecule has 2 heterocycles. The molecule has 40 heavy (non-hydrogen) atoms. The second-order valence-electron chi connectivity index (χ2n) is 13.0. The molecule has 0 spiro atoms. The quantitative estimate of drug-likeness (QED) is 0.270. The Kier molecular flexibility index (Phi) is 10.8. The zero-order chi connectivity index (χ0) is 29.7. The summed E-state index contributed by atoms with van der Waals surface area (Å²) in [5.74, 6) is 0.274. The van der Waals surface area contributed by atoms with Crippen molar-refractivity contribution in [3.8, 4) is 0 Å². The normalized spacial score (nSPS) is 35.0. The van der Waals surface area contributed by atoms with Crippen LogP contribution in [-0.4, -0.2) is 70.7 Å². The van der Waals surface area contributed by atoms with E-state index < -0.39 is 33.2 Å². The van der Waals surface area contributed by atoms with Crippen molar-refractivity contribution >= 4 is 11.8 Å². The molecule has 4 N–H and O–H groups in total. The van der Waals surface area contributed by atoms with E-state index in [1.165, 1.54) is 0 Å². The first-order chi connectivity index (χ1) is 19.1. The standard InChI is InChI=1S/2C16H29NO3/c2*1-4-10-17-13(19)15-9-7-8-14(11-15,12-18)20-16(15,5-2)6-3/h2*18H,4-12H2,1-3H3,(H,17,19)/t2*14-,15+/m11/s1. The number of nitrogens with one attached hydrogen (secondary N) is 2. The van der Waals surface area contributed by atoms with Gasteiger partial charge < -0.3 is 30.3 Å². The van der Waals surface area contributed by atoms with Crippen LogP contribution in [0.25, 0.3) is 0 Å². The number of ether oxygens (including phenoxy) is 2. The van der Waals surface area contributed by atoms with Gasteiger partial charge in [0.15, 0.2) is 0 Å². The summed E-state index contributed by atoms with van der Waals surface area (Å²) in [6, 6.07) is 0. The van der Waals surface area contributed by atoms with Crippen LogP contribution in [0.4, 0.5) is 0 Å². The fourth-order valence-electron chi connectivity index (χ4n) is 8.95. The maximum atomic E-state index is 12.9. The van der Waals surface area contributed by atoms with Gasteiger partial charge in [0.25, 0.3) is 0 Å². The van der Waals surface area contributed by atoms with Gasteiger partial charge in [-0.05, 0) is 89.9 Å². The van der Waals surface area contributed by atoms with Gasteiger partial charge in [-0.15, -0.1) is 0 Å². The number of amides is 2. The highest BCUT2D eigenvalue weighted by molar-refractivity contribution is 5.85. The highest BCUT2D eigenvalue weighted by Gasteiger charge is 2.69. The maximum Gasteiger partial charge on any atom is 0.229 e. The number of hydrogen-bond donors (Lipinski definition) is 4. The minimum atomic E-state index is -0.492. The summed E-state index contributed by atoms with van der Waals surface area (Å²) in [5.41, 5.74) is -2.71. The number of aliphatic hydroxyl groups is 2. The lowest BCUT2D eigenvalue weighted by Gasteiger charge is -2.42. The van der Waals surface area contributed by atoms with E-state index in [9.17, 15) is 19.8 Å². The Balaban J connectivity index is 0.000000220. The van der Waals surface area contributed by atoms with E-state index in [1.807, 2.05) is 0 Å². The Labute approximate surface area is 242 Å². The topological polar surface area (TPSA) is 117 Å². The number of carbonyl (C=O) groups excluding carboxylic acids is 2. The van der Waals surface area contributed by atoms with Crippen molar-refractivity contribution in [1.82, 2.24) is 10.6 Å². The minimum Gasteiger partial charge on any atom is -0.393 e. The van der Waals surface area contributed by atoms with Crippen LogP contribution in [0.2, 0.25) is 0 Å². The summed E-state index contributed by atoms with van der Waals surface area (Å²) in [7, 11) is 0. The van der Waals surface area contributed by atoms with E-state index in [0.717, 1.165) is 90.1 Å². The fraction of sp³-hybridized carbons (Fsp3) is 0.938. The molecule has 232 valence electrons. The second-order valence-corrected chi connectivity index (χ2v) is 13.0. The minimum absolute atomic E-state index is 0.0254. The maximum absolute atomic E-state index is 12.9. The highest BCUT2D eigenvalue weighted by Crippen LogP contribution is 2.62. The fourth-order valence-corrected chi connectivity index (χ4v) is 8.95. The third-order valence-electron chi connectivity index (χ3n) is 11.1. The van der Waals surface area contributed by atoms with Gasteiger partial charge in [0.05, 0.1) is 46.4 Å². The molecule has 4 fully saturated rings. The van der Waals surface area contributed by atoms with Crippen molar-refractivity contribution in [2.24, 2.45) is 10.8 Å². The van der Waals surface area contributed by atoms with Crippen LogP contribution in [-0.2, 0) is 19.1 Å². The van der Waals surface area contributed by atoms with Gasteiger partial charge >= 0.3 is 0 Å². The zero-order valence-electron chi connectivity index (χ0n) is 26.3. The molecular weight excluding hydrogens is 508 g/mol. The van der Waals surface area contributed by atoms with Gasteiger partial charge in [-0.1, -0.05) is 41.5 Å². The van der Waals surface area contributed by atoms with Gasteiger partial charge in [-0.25, -0.2) is 0 Å². The molecule has 2 amide bonds. The first-order valence-electron chi connectivity index (χ1n) is 16.3. The van der Waals surface area contributed by atoms with Crippen molar-refractivity contribution in [3.63, 3.8) is 0 Å². The predicted molar refractivity (Wildman–Crippen MR) is 157 cm³/mol. The lowest BCUT2D eigenvalue weighted by atomic mass is 9.60. The molecule has 0 aromatic carbocycles. The summed E-state index contributed by atoms with van der Waals surface area (Å²) in [4.78, 5) is 25.7.